The normalized spacial score (nSPS) is 12.4. The van der Waals surface area contributed by atoms with E-state index in [1.54, 1.807) is 12.1 Å². The van der Waals surface area contributed by atoms with Gasteiger partial charge in [0.15, 0.2) is 17.4 Å². The van der Waals surface area contributed by atoms with Gasteiger partial charge < -0.3 is 10.4 Å². The van der Waals surface area contributed by atoms with Crippen LogP contribution in [0.2, 0.25) is 0 Å². The largest absolute Gasteiger partial charge is 0.503 e. The number of hydrogen-bond acceptors (Lipinski definition) is 2. The van der Waals surface area contributed by atoms with Crippen molar-refractivity contribution >= 4 is 0 Å². The summed E-state index contributed by atoms with van der Waals surface area (Å²) in [6.07, 6.45) is 0. The average molecular weight is 281 g/mol. The quantitative estimate of drug-likeness (QED) is 0.896. The van der Waals surface area contributed by atoms with E-state index in [-0.39, 0.29) is 18.4 Å². The lowest BCUT2D eigenvalue weighted by atomic mass is 10.1. The lowest BCUT2D eigenvalue weighted by Crippen LogP contribution is -2.18. The third-order valence-electron chi connectivity index (χ3n) is 3.06. The number of hydrogen-bond donors (Lipinski definition) is 2. The van der Waals surface area contributed by atoms with Gasteiger partial charge in [-0.3, -0.25) is 0 Å². The van der Waals surface area contributed by atoms with Crippen molar-refractivity contribution in [1.29, 1.82) is 0 Å². The molecule has 20 heavy (non-hydrogen) atoms. The average Bonchev–Trinajstić information content (AvgIpc) is 2.42. The van der Waals surface area contributed by atoms with Gasteiger partial charge in [-0.1, -0.05) is 12.1 Å². The van der Waals surface area contributed by atoms with Gasteiger partial charge in [-0.15, -0.1) is 0 Å². The maximum atomic E-state index is 13.2. The van der Waals surface area contributed by atoms with Gasteiger partial charge in [0, 0.05) is 12.6 Å². The van der Waals surface area contributed by atoms with Crippen LogP contribution in [0.25, 0.3) is 0 Å². The first-order chi connectivity index (χ1) is 9.47. The Bertz CT molecular complexity index is 576. The summed E-state index contributed by atoms with van der Waals surface area (Å²) in [5, 5.41) is 12.1. The molecular formula is C15H14F3NO. The molecule has 2 aromatic carbocycles. The summed E-state index contributed by atoms with van der Waals surface area (Å²) in [6, 6.07) is 8.04. The van der Waals surface area contributed by atoms with E-state index in [9.17, 15) is 13.2 Å². The Hall–Kier alpha value is -2.01. The second-order valence-electron chi connectivity index (χ2n) is 4.56. The van der Waals surface area contributed by atoms with Crippen molar-refractivity contribution in [2.75, 3.05) is 0 Å². The third-order valence-corrected chi connectivity index (χ3v) is 3.06. The SMILES string of the molecule is C[C@@H](NCc1cc(F)c(O)c(F)c1)c1ccc(F)cc1. The standard InChI is InChI=1S/C15H14F3NO/c1-9(11-2-4-12(16)5-3-11)19-8-10-6-13(17)15(20)14(18)7-10/h2-7,9,19-20H,8H2,1H3/t9-/m1/s1. The second-order valence-corrected chi connectivity index (χ2v) is 4.56. The van der Waals surface area contributed by atoms with Crippen molar-refractivity contribution in [3.05, 3.63) is 65.0 Å². The van der Waals surface area contributed by atoms with Crippen molar-refractivity contribution in [3.63, 3.8) is 0 Å². The molecule has 0 saturated heterocycles. The molecule has 0 aliphatic heterocycles. The van der Waals surface area contributed by atoms with E-state index < -0.39 is 17.4 Å². The topological polar surface area (TPSA) is 32.3 Å². The Balaban J connectivity index is 2.03. The Morgan fingerprint density at radius 2 is 1.60 bits per heavy atom. The summed E-state index contributed by atoms with van der Waals surface area (Å²) in [7, 11) is 0. The van der Waals surface area contributed by atoms with E-state index in [0.717, 1.165) is 17.7 Å². The van der Waals surface area contributed by atoms with Crippen LogP contribution in [-0.4, -0.2) is 5.11 Å². The zero-order valence-corrected chi connectivity index (χ0v) is 10.8. The van der Waals surface area contributed by atoms with Gasteiger partial charge in [0.05, 0.1) is 0 Å². The molecule has 2 nitrogen and oxygen atoms in total. The molecule has 1 atom stereocenters. The fraction of sp³-hybridized carbons (Fsp3) is 0.200. The minimum absolute atomic E-state index is 0.101. The number of rotatable bonds is 4. The molecule has 2 aromatic rings. The fourth-order valence-corrected chi connectivity index (χ4v) is 1.86. The highest BCUT2D eigenvalue weighted by atomic mass is 19.1. The van der Waals surface area contributed by atoms with Crippen LogP contribution in [0.4, 0.5) is 13.2 Å². The maximum Gasteiger partial charge on any atom is 0.187 e. The number of phenolic OH excluding ortho intramolecular Hbond substituents is 1. The third kappa shape index (κ3) is 3.30. The molecule has 2 rings (SSSR count). The monoisotopic (exact) mass is 281 g/mol. The van der Waals surface area contributed by atoms with Gasteiger partial charge in [-0.2, -0.15) is 0 Å². The molecular weight excluding hydrogens is 267 g/mol. The molecule has 0 fully saturated rings. The number of nitrogens with one attached hydrogen (secondary N) is 1. The first-order valence-corrected chi connectivity index (χ1v) is 6.13. The van der Waals surface area contributed by atoms with Crippen LogP contribution in [0.1, 0.15) is 24.1 Å². The lowest BCUT2D eigenvalue weighted by Gasteiger charge is -2.14. The Morgan fingerprint density at radius 3 is 2.15 bits per heavy atom. The summed E-state index contributed by atoms with van der Waals surface area (Å²) in [4.78, 5) is 0. The minimum atomic E-state index is -0.990. The molecule has 2 N–H and O–H groups in total. The molecule has 0 aliphatic carbocycles. The lowest BCUT2D eigenvalue weighted by molar-refractivity contribution is 0.394. The Kier molecular flexibility index (Phi) is 4.29. The van der Waals surface area contributed by atoms with Crippen LogP contribution >= 0.6 is 0 Å². The molecule has 0 aliphatic rings. The summed E-state index contributed by atoms with van der Waals surface area (Å²) in [5.41, 5.74) is 1.25. The van der Waals surface area contributed by atoms with Gasteiger partial charge >= 0.3 is 0 Å². The summed E-state index contributed by atoms with van der Waals surface area (Å²) < 4.78 is 39.1. The summed E-state index contributed by atoms with van der Waals surface area (Å²) in [6.45, 7) is 2.09. The number of halogens is 3. The Morgan fingerprint density at radius 1 is 1.05 bits per heavy atom. The van der Waals surface area contributed by atoms with E-state index >= 15 is 0 Å². The van der Waals surface area contributed by atoms with Crippen molar-refractivity contribution in [2.45, 2.75) is 19.5 Å². The zero-order chi connectivity index (χ0) is 14.7. The molecule has 0 spiro atoms. The molecule has 0 saturated carbocycles. The molecule has 5 heteroatoms. The second kappa shape index (κ2) is 5.96. The summed E-state index contributed by atoms with van der Waals surface area (Å²) >= 11 is 0. The first kappa shape index (κ1) is 14.4. The molecule has 106 valence electrons. The van der Waals surface area contributed by atoms with Crippen LogP contribution in [0.5, 0.6) is 5.75 Å². The predicted molar refractivity (Wildman–Crippen MR) is 69.7 cm³/mol. The van der Waals surface area contributed by atoms with Crippen LogP contribution in [-0.2, 0) is 6.54 Å². The van der Waals surface area contributed by atoms with Crippen LogP contribution in [0.15, 0.2) is 36.4 Å². The first-order valence-electron chi connectivity index (χ1n) is 6.13. The number of benzene rings is 2. The molecule has 0 aromatic heterocycles. The van der Waals surface area contributed by atoms with Gasteiger partial charge in [0.25, 0.3) is 0 Å². The number of aromatic hydroxyl groups is 1. The predicted octanol–water partition coefficient (Wildman–Crippen LogP) is 3.66. The minimum Gasteiger partial charge on any atom is -0.503 e. The van der Waals surface area contributed by atoms with Crippen molar-refractivity contribution in [2.24, 2.45) is 0 Å². The van der Waals surface area contributed by atoms with Crippen molar-refractivity contribution < 1.29 is 18.3 Å². The molecule has 0 radical (unpaired) electrons. The van der Waals surface area contributed by atoms with E-state index in [1.165, 1.54) is 12.1 Å². The fourth-order valence-electron chi connectivity index (χ4n) is 1.86. The Labute approximate surface area is 114 Å². The van der Waals surface area contributed by atoms with Crippen LogP contribution in [0, 0.1) is 17.5 Å². The van der Waals surface area contributed by atoms with Gasteiger partial charge in [-0.25, -0.2) is 13.2 Å². The van der Waals surface area contributed by atoms with Gasteiger partial charge in [0.1, 0.15) is 5.82 Å². The van der Waals surface area contributed by atoms with Crippen molar-refractivity contribution in [1.82, 2.24) is 5.32 Å². The van der Waals surface area contributed by atoms with Gasteiger partial charge in [-0.05, 0) is 42.3 Å². The summed E-state index contributed by atoms with van der Waals surface area (Å²) in [5.74, 6) is -3.27. The number of phenols is 1. The maximum absolute atomic E-state index is 13.2. The van der Waals surface area contributed by atoms with Gasteiger partial charge in [0.2, 0.25) is 0 Å². The smallest absolute Gasteiger partial charge is 0.187 e. The van der Waals surface area contributed by atoms with Crippen LogP contribution < -0.4 is 5.32 Å². The molecule has 0 amide bonds. The highest BCUT2D eigenvalue weighted by molar-refractivity contribution is 5.30. The van der Waals surface area contributed by atoms with E-state index in [4.69, 9.17) is 5.11 Å². The van der Waals surface area contributed by atoms with E-state index in [0.29, 0.717) is 5.56 Å². The highest BCUT2D eigenvalue weighted by Gasteiger charge is 2.11. The molecule has 0 heterocycles. The molecule has 0 unspecified atom stereocenters. The van der Waals surface area contributed by atoms with E-state index in [1.807, 2.05) is 6.92 Å². The zero-order valence-electron chi connectivity index (χ0n) is 10.8. The molecule has 0 bridgehead atoms. The van der Waals surface area contributed by atoms with Crippen LogP contribution in [0.3, 0.4) is 0 Å². The highest BCUT2D eigenvalue weighted by Crippen LogP contribution is 2.22. The van der Waals surface area contributed by atoms with Crippen molar-refractivity contribution in [3.8, 4) is 5.75 Å². The van der Waals surface area contributed by atoms with E-state index in [2.05, 4.69) is 5.32 Å².